The minimum absolute atomic E-state index is 0.0500. The van der Waals surface area contributed by atoms with Gasteiger partial charge < -0.3 is 25.2 Å². The van der Waals surface area contributed by atoms with Crippen LogP contribution in [-0.2, 0) is 9.53 Å². The highest BCUT2D eigenvalue weighted by Gasteiger charge is 2.31. The average molecular weight is 417 g/mol. The summed E-state index contributed by atoms with van der Waals surface area (Å²) in [5, 5.41) is 5.68. The van der Waals surface area contributed by atoms with Crippen molar-refractivity contribution in [3.8, 4) is 0 Å². The summed E-state index contributed by atoms with van der Waals surface area (Å²) in [7, 11) is 1.72. The van der Waals surface area contributed by atoms with Crippen molar-refractivity contribution in [2.24, 2.45) is 11.8 Å². The fraction of sp³-hybridized carbons (Fsp3) is 0.714. The maximum Gasteiger partial charge on any atom is 0.254 e. The van der Waals surface area contributed by atoms with Gasteiger partial charge in [-0.1, -0.05) is 0 Å². The van der Waals surface area contributed by atoms with Crippen LogP contribution in [0.5, 0.6) is 0 Å². The zero-order valence-electron chi connectivity index (χ0n) is 17.7. The van der Waals surface area contributed by atoms with E-state index in [9.17, 15) is 9.59 Å². The number of likely N-dealkylation sites (tertiary alicyclic amines) is 1. The van der Waals surface area contributed by atoms with E-state index in [0.717, 1.165) is 38.4 Å². The molecule has 2 aliphatic heterocycles. The smallest absolute Gasteiger partial charge is 0.254 e. The molecule has 9 heteroatoms. The molecule has 3 aliphatic rings. The quantitative estimate of drug-likeness (QED) is 0.640. The Morgan fingerprint density at radius 2 is 1.83 bits per heavy atom. The number of morpholine rings is 1. The summed E-state index contributed by atoms with van der Waals surface area (Å²) in [6.45, 7) is 5.31. The predicted molar refractivity (Wildman–Crippen MR) is 112 cm³/mol. The molecule has 0 aromatic carbocycles. The predicted octanol–water partition coefficient (Wildman–Crippen LogP) is 0.598. The summed E-state index contributed by atoms with van der Waals surface area (Å²) < 4.78 is 5.64. The molecule has 9 nitrogen and oxygen atoms in total. The minimum Gasteiger partial charge on any atom is -0.365 e. The molecular weight excluding hydrogens is 384 g/mol. The molecular formula is C21H32N6O3. The first kappa shape index (κ1) is 21.0. The Labute approximate surface area is 177 Å². The molecule has 1 aromatic rings. The number of hydrogen-bond acceptors (Lipinski definition) is 7. The van der Waals surface area contributed by atoms with Gasteiger partial charge in [0.05, 0.1) is 11.7 Å². The van der Waals surface area contributed by atoms with Crippen molar-refractivity contribution >= 4 is 17.8 Å². The first-order valence-corrected chi connectivity index (χ1v) is 11.0. The van der Waals surface area contributed by atoms with E-state index in [4.69, 9.17) is 4.74 Å². The lowest BCUT2D eigenvalue weighted by Gasteiger charge is -2.38. The molecule has 3 heterocycles. The van der Waals surface area contributed by atoms with E-state index in [-0.39, 0.29) is 24.5 Å². The maximum atomic E-state index is 12.3. The third-order valence-electron chi connectivity index (χ3n) is 6.25. The van der Waals surface area contributed by atoms with Gasteiger partial charge in [0.25, 0.3) is 5.91 Å². The Bertz CT molecular complexity index is 731. The highest BCUT2D eigenvalue weighted by atomic mass is 16.5. The van der Waals surface area contributed by atoms with Gasteiger partial charge in [-0.25, -0.2) is 9.97 Å². The number of nitrogens with zero attached hydrogens (tertiary/aromatic N) is 4. The fourth-order valence-electron chi connectivity index (χ4n) is 4.19. The third kappa shape index (κ3) is 5.66. The molecule has 4 rings (SSSR count). The minimum atomic E-state index is -0.243. The van der Waals surface area contributed by atoms with Crippen LogP contribution in [-0.4, -0.2) is 90.6 Å². The number of nitrogens with one attached hydrogen (secondary N) is 2. The maximum absolute atomic E-state index is 12.3. The van der Waals surface area contributed by atoms with Crippen LogP contribution in [0.15, 0.2) is 12.4 Å². The van der Waals surface area contributed by atoms with Gasteiger partial charge in [-0.05, 0) is 50.6 Å². The Balaban J connectivity index is 1.21. The number of carbonyl (C=O) groups excluding carboxylic acids is 2. The number of aromatic nitrogens is 2. The monoisotopic (exact) mass is 416 g/mol. The van der Waals surface area contributed by atoms with Crippen molar-refractivity contribution in [2.75, 3.05) is 58.2 Å². The zero-order chi connectivity index (χ0) is 20.9. The number of hydrogen-bond donors (Lipinski definition) is 2. The summed E-state index contributed by atoms with van der Waals surface area (Å²) in [5.41, 5.74) is 0.399. The van der Waals surface area contributed by atoms with Crippen molar-refractivity contribution in [1.29, 1.82) is 0 Å². The second-order valence-electron chi connectivity index (χ2n) is 8.67. The van der Waals surface area contributed by atoms with Gasteiger partial charge >= 0.3 is 0 Å². The van der Waals surface area contributed by atoms with E-state index in [2.05, 4.69) is 25.5 Å². The van der Waals surface area contributed by atoms with Crippen LogP contribution in [0.4, 0.5) is 5.95 Å². The van der Waals surface area contributed by atoms with Crippen LogP contribution < -0.4 is 10.6 Å². The van der Waals surface area contributed by atoms with Crippen LogP contribution in [0.25, 0.3) is 0 Å². The molecule has 3 fully saturated rings. The van der Waals surface area contributed by atoms with E-state index in [1.807, 2.05) is 4.90 Å². The van der Waals surface area contributed by atoms with Crippen LogP contribution in [0.1, 0.15) is 36.0 Å². The van der Waals surface area contributed by atoms with Crippen LogP contribution in [0, 0.1) is 11.8 Å². The Hall–Kier alpha value is -2.26. The third-order valence-corrected chi connectivity index (χ3v) is 6.25. The lowest BCUT2D eigenvalue weighted by atomic mass is 9.95. The number of rotatable bonds is 8. The largest absolute Gasteiger partial charge is 0.365 e. The molecule has 1 saturated carbocycles. The van der Waals surface area contributed by atoms with E-state index in [0.29, 0.717) is 30.5 Å². The van der Waals surface area contributed by atoms with Crippen molar-refractivity contribution < 1.29 is 14.3 Å². The van der Waals surface area contributed by atoms with E-state index >= 15 is 0 Å². The Morgan fingerprint density at radius 3 is 2.50 bits per heavy atom. The molecule has 1 atom stereocenters. The molecule has 2 saturated heterocycles. The van der Waals surface area contributed by atoms with Gasteiger partial charge in [0, 0.05) is 45.6 Å². The lowest BCUT2D eigenvalue weighted by Crippen LogP contribution is -2.52. The van der Waals surface area contributed by atoms with E-state index in [1.54, 1.807) is 7.05 Å². The molecule has 0 bridgehead atoms. The van der Waals surface area contributed by atoms with Crippen molar-refractivity contribution in [1.82, 2.24) is 25.1 Å². The highest BCUT2D eigenvalue weighted by molar-refractivity contribution is 5.93. The Morgan fingerprint density at radius 1 is 1.13 bits per heavy atom. The van der Waals surface area contributed by atoms with Crippen molar-refractivity contribution in [3.05, 3.63) is 18.0 Å². The molecule has 30 heavy (non-hydrogen) atoms. The number of amides is 2. The van der Waals surface area contributed by atoms with Crippen molar-refractivity contribution in [3.63, 3.8) is 0 Å². The summed E-state index contributed by atoms with van der Waals surface area (Å²) in [5.74, 6) is 1.77. The normalized spacial score (nSPS) is 23.4. The van der Waals surface area contributed by atoms with Gasteiger partial charge in [-0.3, -0.25) is 9.59 Å². The SMILES string of the molecule is CNc1ncc(C(=O)NCC2CN(CC3CCN(CC4CC4)CC3)C(=O)CO2)cn1. The van der Waals surface area contributed by atoms with Gasteiger partial charge in [0.1, 0.15) is 6.61 Å². The zero-order valence-corrected chi connectivity index (χ0v) is 17.7. The van der Waals surface area contributed by atoms with Crippen molar-refractivity contribution in [2.45, 2.75) is 31.8 Å². The van der Waals surface area contributed by atoms with Gasteiger partial charge in [0.2, 0.25) is 11.9 Å². The number of ether oxygens (including phenoxy) is 1. The average Bonchev–Trinajstić information content (AvgIpc) is 3.59. The number of carbonyl (C=O) groups is 2. The molecule has 0 spiro atoms. The van der Waals surface area contributed by atoms with E-state index < -0.39 is 0 Å². The van der Waals surface area contributed by atoms with E-state index in [1.165, 1.54) is 31.8 Å². The molecule has 2 N–H and O–H groups in total. The highest BCUT2D eigenvalue weighted by Crippen LogP contribution is 2.31. The topological polar surface area (TPSA) is 99.7 Å². The molecule has 1 aromatic heterocycles. The molecule has 0 radical (unpaired) electrons. The first-order valence-electron chi connectivity index (χ1n) is 11.0. The van der Waals surface area contributed by atoms with Gasteiger partial charge in [-0.2, -0.15) is 0 Å². The summed E-state index contributed by atoms with van der Waals surface area (Å²) in [6.07, 6.45) is 7.88. The van der Waals surface area contributed by atoms with Crippen LogP contribution in [0.2, 0.25) is 0 Å². The summed E-state index contributed by atoms with van der Waals surface area (Å²) >= 11 is 0. The molecule has 164 valence electrons. The van der Waals surface area contributed by atoms with Crippen LogP contribution >= 0.6 is 0 Å². The number of anilines is 1. The lowest BCUT2D eigenvalue weighted by molar-refractivity contribution is -0.149. The second-order valence-corrected chi connectivity index (χ2v) is 8.67. The fourth-order valence-corrected chi connectivity index (χ4v) is 4.19. The van der Waals surface area contributed by atoms with Gasteiger partial charge in [-0.15, -0.1) is 0 Å². The molecule has 2 amide bonds. The molecule has 1 unspecified atom stereocenters. The van der Waals surface area contributed by atoms with Crippen LogP contribution in [0.3, 0.4) is 0 Å². The second kappa shape index (κ2) is 9.70. The number of piperidine rings is 1. The molecule has 1 aliphatic carbocycles. The summed E-state index contributed by atoms with van der Waals surface area (Å²) in [6, 6.07) is 0. The summed E-state index contributed by atoms with van der Waals surface area (Å²) in [4.78, 5) is 37.3. The first-order chi connectivity index (χ1) is 14.6. The standard InChI is InChI=1S/C21H32N6O3/c1-22-21-24-8-17(9-25-21)20(29)23-10-18-13-27(19(28)14-30-18)12-16-4-6-26(7-5-16)11-15-2-3-15/h8-9,15-16,18H,2-7,10-14H2,1H3,(H,23,29)(H,22,24,25). The van der Waals surface area contributed by atoms with Gasteiger partial charge in [0.15, 0.2) is 0 Å². The Kier molecular flexibility index (Phi) is 6.79.